The quantitative estimate of drug-likeness (QED) is 0.181. The molecule has 0 aliphatic heterocycles. The van der Waals surface area contributed by atoms with E-state index < -0.39 is 6.10 Å². The summed E-state index contributed by atoms with van der Waals surface area (Å²) in [6, 6.07) is 12.5. The highest BCUT2D eigenvalue weighted by Crippen LogP contribution is 2.38. The van der Waals surface area contributed by atoms with Crippen LogP contribution in [0.2, 0.25) is 5.02 Å². The molecular weight excluding hydrogens is 550 g/mol. The summed E-state index contributed by atoms with van der Waals surface area (Å²) in [7, 11) is 8.72. The van der Waals surface area contributed by atoms with Crippen LogP contribution in [-0.4, -0.2) is 68.0 Å². The predicted molar refractivity (Wildman–Crippen MR) is 151 cm³/mol. The van der Waals surface area contributed by atoms with Crippen LogP contribution in [0.3, 0.4) is 0 Å². The van der Waals surface area contributed by atoms with E-state index in [9.17, 15) is 5.11 Å². The van der Waals surface area contributed by atoms with Crippen molar-refractivity contribution >= 4 is 41.7 Å². The molecule has 0 saturated heterocycles. The van der Waals surface area contributed by atoms with E-state index in [1.54, 1.807) is 46.0 Å². The Kier molecular flexibility index (Phi) is 9.28. The van der Waals surface area contributed by atoms with Gasteiger partial charge >= 0.3 is 0 Å². The molecule has 2 N–H and O–H groups in total. The molecule has 4 aromatic rings. The number of aliphatic hydroxyl groups is 1. The van der Waals surface area contributed by atoms with Crippen molar-refractivity contribution in [2.24, 2.45) is 7.05 Å². The number of rotatable bonds is 12. The molecule has 2 aromatic carbocycles. The molecule has 4 rings (SSSR count). The molecule has 1 atom stereocenters. The van der Waals surface area contributed by atoms with Gasteiger partial charge in [0.15, 0.2) is 5.82 Å². The number of aromatic nitrogens is 5. The van der Waals surface area contributed by atoms with Gasteiger partial charge in [-0.05, 0) is 36.2 Å². The fraction of sp³-hybridized carbons (Fsp3) is 0.292. The summed E-state index contributed by atoms with van der Waals surface area (Å²) in [5.41, 5.74) is 1.84. The Morgan fingerprint density at radius 2 is 1.82 bits per heavy atom. The van der Waals surface area contributed by atoms with Gasteiger partial charge in [0, 0.05) is 49.7 Å². The summed E-state index contributed by atoms with van der Waals surface area (Å²) >= 11 is 8.56. The lowest BCUT2D eigenvalue weighted by molar-refractivity contribution is 0.202. The molecule has 38 heavy (non-hydrogen) atoms. The van der Waals surface area contributed by atoms with Gasteiger partial charge in [-0.3, -0.25) is 14.0 Å². The second kappa shape index (κ2) is 12.6. The van der Waals surface area contributed by atoms with E-state index in [4.69, 9.17) is 25.3 Å². The molecule has 0 saturated carbocycles. The SMILES string of the molecule is COc1cccc(OC)c1-n1c(NSCC(O)c2ccc(Cl)cc2OSN(C)C)nnc1-c1ccn(C)n1. The second-order valence-electron chi connectivity index (χ2n) is 8.15. The van der Waals surface area contributed by atoms with Crippen molar-refractivity contribution in [3.63, 3.8) is 0 Å². The van der Waals surface area contributed by atoms with Crippen molar-refractivity contribution in [2.45, 2.75) is 6.10 Å². The molecule has 2 heterocycles. The first-order valence-corrected chi connectivity index (χ1v) is 13.4. The maximum absolute atomic E-state index is 11.0. The summed E-state index contributed by atoms with van der Waals surface area (Å²) < 4.78 is 25.5. The number of para-hydroxylation sites is 1. The molecule has 0 bridgehead atoms. The van der Waals surface area contributed by atoms with E-state index in [1.807, 2.05) is 51.6 Å². The van der Waals surface area contributed by atoms with E-state index >= 15 is 0 Å². The minimum atomic E-state index is -0.852. The Balaban J connectivity index is 1.62. The number of ether oxygens (including phenoxy) is 2. The summed E-state index contributed by atoms with van der Waals surface area (Å²) in [5, 5.41) is 24.7. The predicted octanol–water partition coefficient (Wildman–Crippen LogP) is 4.64. The van der Waals surface area contributed by atoms with Gasteiger partial charge in [-0.25, -0.2) is 4.31 Å². The number of aliphatic hydroxyl groups excluding tert-OH is 1. The maximum atomic E-state index is 11.0. The molecular formula is C24H28ClN7O4S2. The molecule has 1 unspecified atom stereocenters. The Morgan fingerprint density at radius 1 is 1.08 bits per heavy atom. The highest BCUT2D eigenvalue weighted by molar-refractivity contribution is 8.00. The van der Waals surface area contributed by atoms with Gasteiger partial charge in [0.1, 0.15) is 40.9 Å². The zero-order chi connectivity index (χ0) is 27.2. The lowest BCUT2D eigenvalue weighted by Crippen LogP contribution is -2.09. The average molecular weight is 578 g/mol. The molecule has 0 radical (unpaired) electrons. The van der Waals surface area contributed by atoms with E-state index in [1.165, 1.54) is 11.9 Å². The molecule has 2 aromatic heterocycles. The summed E-state index contributed by atoms with van der Waals surface area (Å²) in [6.45, 7) is 0. The first-order valence-electron chi connectivity index (χ1n) is 11.4. The van der Waals surface area contributed by atoms with Crippen molar-refractivity contribution in [3.05, 3.63) is 59.2 Å². The van der Waals surface area contributed by atoms with Gasteiger partial charge in [-0.15, -0.1) is 10.2 Å². The fourth-order valence-corrected chi connectivity index (χ4v) is 4.78. The third kappa shape index (κ3) is 6.30. The second-order valence-corrected chi connectivity index (χ2v) is 10.5. The van der Waals surface area contributed by atoms with Gasteiger partial charge in [0.2, 0.25) is 5.95 Å². The van der Waals surface area contributed by atoms with E-state index in [0.717, 1.165) is 12.2 Å². The van der Waals surface area contributed by atoms with Crippen molar-refractivity contribution in [1.82, 2.24) is 28.9 Å². The molecule has 0 spiro atoms. The van der Waals surface area contributed by atoms with Crippen LogP contribution in [0.4, 0.5) is 5.95 Å². The number of benzene rings is 2. The van der Waals surface area contributed by atoms with Gasteiger partial charge < -0.3 is 18.8 Å². The highest BCUT2D eigenvalue weighted by Gasteiger charge is 2.24. The summed E-state index contributed by atoms with van der Waals surface area (Å²) in [4.78, 5) is 0. The first-order chi connectivity index (χ1) is 18.3. The average Bonchev–Trinajstić information content (AvgIpc) is 3.52. The van der Waals surface area contributed by atoms with Crippen molar-refractivity contribution in [2.75, 3.05) is 38.8 Å². The minimum Gasteiger partial charge on any atom is -0.494 e. The molecule has 14 heteroatoms. The number of halogens is 1. The van der Waals surface area contributed by atoms with E-state index in [0.29, 0.717) is 51.0 Å². The van der Waals surface area contributed by atoms with Crippen LogP contribution in [0.15, 0.2) is 48.7 Å². The van der Waals surface area contributed by atoms with Crippen molar-refractivity contribution in [3.8, 4) is 34.5 Å². The minimum absolute atomic E-state index is 0.277. The smallest absolute Gasteiger partial charge is 0.239 e. The highest BCUT2D eigenvalue weighted by atomic mass is 35.5. The van der Waals surface area contributed by atoms with E-state index in [2.05, 4.69) is 20.0 Å². The van der Waals surface area contributed by atoms with Crippen molar-refractivity contribution in [1.29, 1.82) is 0 Å². The molecule has 0 aliphatic rings. The van der Waals surface area contributed by atoms with Crippen LogP contribution in [0, 0.1) is 0 Å². The lowest BCUT2D eigenvalue weighted by Gasteiger charge is -2.18. The topological polar surface area (TPSA) is 112 Å². The third-order valence-electron chi connectivity index (χ3n) is 5.25. The normalized spacial score (nSPS) is 12.0. The van der Waals surface area contributed by atoms with Crippen LogP contribution in [0.5, 0.6) is 17.2 Å². The van der Waals surface area contributed by atoms with Crippen LogP contribution in [0.25, 0.3) is 17.2 Å². The number of aryl methyl sites for hydroxylation is 1. The number of nitrogens with one attached hydrogen (secondary N) is 1. The van der Waals surface area contributed by atoms with Crippen LogP contribution in [0.1, 0.15) is 11.7 Å². The summed E-state index contributed by atoms with van der Waals surface area (Å²) in [5.74, 6) is 2.79. The number of hydrogen-bond acceptors (Lipinski definition) is 11. The Hall–Kier alpha value is -3.10. The summed E-state index contributed by atoms with van der Waals surface area (Å²) in [6.07, 6.45) is 0.974. The first kappa shape index (κ1) is 27.9. The molecule has 11 nitrogen and oxygen atoms in total. The Bertz CT molecular complexity index is 1360. The van der Waals surface area contributed by atoms with E-state index in [-0.39, 0.29) is 5.75 Å². The lowest BCUT2D eigenvalue weighted by atomic mass is 10.1. The van der Waals surface area contributed by atoms with Gasteiger partial charge in [0.05, 0.1) is 20.3 Å². The zero-order valence-corrected chi connectivity index (χ0v) is 23.8. The van der Waals surface area contributed by atoms with Crippen molar-refractivity contribution < 1.29 is 18.8 Å². The van der Waals surface area contributed by atoms with Crippen LogP contribution < -0.4 is 18.4 Å². The standard InChI is InChI=1S/C24H28ClN7O4S2/c1-30(2)38-36-21-13-15(25)9-10-16(21)18(33)14-37-29-24-27-26-23(17-11-12-31(3)28-17)32(24)22-19(34-4)7-6-8-20(22)35-5/h6-13,18,33H,14H2,1-5H3,(H,27,29). The monoisotopic (exact) mass is 577 g/mol. The molecule has 0 fully saturated rings. The van der Waals surface area contributed by atoms with Gasteiger partial charge in [0.25, 0.3) is 0 Å². The van der Waals surface area contributed by atoms with Crippen LogP contribution in [-0.2, 0) is 7.05 Å². The number of methoxy groups -OCH3 is 2. The largest absolute Gasteiger partial charge is 0.494 e. The molecule has 202 valence electrons. The Labute approximate surface area is 234 Å². The fourth-order valence-electron chi connectivity index (χ4n) is 3.56. The third-order valence-corrected chi connectivity index (χ3v) is 6.84. The van der Waals surface area contributed by atoms with Crippen LogP contribution >= 0.6 is 35.8 Å². The zero-order valence-electron chi connectivity index (χ0n) is 21.5. The number of anilines is 1. The van der Waals surface area contributed by atoms with Gasteiger partial charge in [-0.2, -0.15) is 5.10 Å². The molecule has 0 aliphatic carbocycles. The molecule has 0 amide bonds. The number of nitrogens with zero attached hydrogens (tertiary/aromatic N) is 6. The maximum Gasteiger partial charge on any atom is 0.239 e. The number of hydrogen-bond donors (Lipinski definition) is 2. The Morgan fingerprint density at radius 3 is 2.45 bits per heavy atom. The van der Waals surface area contributed by atoms with Gasteiger partial charge in [-0.1, -0.05) is 23.7 Å².